The number of aromatic nitrogens is 1. The monoisotopic (exact) mass is 465 g/mol. The molecule has 1 aromatic rings. The molecule has 184 valence electrons. The van der Waals surface area contributed by atoms with Gasteiger partial charge < -0.3 is 10.5 Å². The zero-order valence-electron chi connectivity index (χ0n) is 20.7. The fraction of sp³-hybridized carbons (Fsp3) is 0.500. The van der Waals surface area contributed by atoms with Crippen LogP contribution in [0.1, 0.15) is 57.9 Å². The molecule has 1 unspecified atom stereocenters. The SMILES string of the molecule is C=C[C@]1(C)CC[C@@H](C(=C)CN(OC2CCCCO2)C(=O)/C=C/c2ccc(N)nc2)C[C@H]1C(=C)C. The Kier molecular flexibility index (Phi) is 8.86. The summed E-state index contributed by atoms with van der Waals surface area (Å²) in [6.45, 7) is 18.0. The highest BCUT2D eigenvalue weighted by Gasteiger charge is 2.39. The molecule has 3 rings (SSSR count). The van der Waals surface area contributed by atoms with Crippen LogP contribution in [0.15, 0.2) is 61.4 Å². The lowest BCUT2D eigenvalue weighted by Crippen LogP contribution is -2.40. The van der Waals surface area contributed by atoms with Crippen molar-refractivity contribution < 1.29 is 14.4 Å². The van der Waals surface area contributed by atoms with Crippen molar-refractivity contribution in [1.82, 2.24) is 10.0 Å². The fourth-order valence-electron chi connectivity index (χ4n) is 4.89. The number of nitrogens with two attached hydrogens (primary N) is 1. The van der Waals surface area contributed by atoms with Gasteiger partial charge in [0.05, 0.1) is 6.54 Å². The van der Waals surface area contributed by atoms with Gasteiger partial charge in [-0.1, -0.05) is 37.3 Å². The van der Waals surface area contributed by atoms with Gasteiger partial charge in [-0.05, 0) is 80.1 Å². The van der Waals surface area contributed by atoms with Crippen LogP contribution < -0.4 is 5.73 Å². The van der Waals surface area contributed by atoms with Crippen LogP contribution in [0.4, 0.5) is 5.82 Å². The maximum Gasteiger partial charge on any atom is 0.270 e. The molecule has 6 nitrogen and oxygen atoms in total. The van der Waals surface area contributed by atoms with Crippen LogP contribution in [0.3, 0.4) is 0 Å². The number of hydrogen-bond donors (Lipinski definition) is 1. The van der Waals surface area contributed by atoms with Crippen molar-refractivity contribution in [2.24, 2.45) is 17.3 Å². The average Bonchev–Trinajstić information content (AvgIpc) is 2.83. The zero-order valence-corrected chi connectivity index (χ0v) is 20.7. The average molecular weight is 466 g/mol. The molecule has 1 aliphatic heterocycles. The fourth-order valence-corrected chi connectivity index (χ4v) is 4.89. The highest BCUT2D eigenvalue weighted by atomic mass is 16.8. The second-order valence-corrected chi connectivity index (χ2v) is 9.86. The van der Waals surface area contributed by atoms with Gasteiger partial charge in [0.2, 0.25) is 0 Å². The number of nitrogen functional groups attached to an aromatic ring is 1. The molecule has 2 aliphatic rings. The number of carbonyl (C=O) groups excluding carboxylic acids is 1. The molecule has 4 atom stereocenters. The van der Waals surface area contributed by atoms with Crippen molar-refractivity contribution in [3.8, 4) is 0 Å². The molecule has 0 bridgehead atoms. The number of anilines is 1. The molecule has 0 aromatic carbocycles. The van der Waals surface area contributed by atoms with Crippen LogP contribution in [-0.4, -0.2) is 35.4 Å². The van der Waals surface area contributed by atoms with E-state index in [0.29, 0.717) is 24.9 Å². The van der Waals surface area contributed by atoms with Crippen LogP contribution in [-0.2, 0) is 14.4 Å². The first-order valence-corrected chi connectivity index (χ1v) is 12.2. The maximum atomic E-state index is 13.1. The van der Waals surface area contributed by atoms with Crippen LogP contribution in [0.5, 0.6) is 0 Å². The summed E-state index contributed by atoms with van der Waals surface area (Å²) in [5, 5.41) is 1.40. The Morgan fingerprint density at radius 3 is 2.76 bits per heavy atom. The molecular formula is C28H39N3O3. The lowest BCUT2D eigenvalue weighted by molar-refractivity contribution is -0.275. The van der Waals surface area contributed by atoms with E-state index >= 15 is 0 Å². The third-order valence-corrected chi connectivity index (χ3v) is 7.19. The molecular weight excluding hydrogens is 426 g/mol. The molecule has 6 heteroatoms. The Morgan fingerprint density at radius 1 is 1.35 bits per heavy atom. The first kappa shape index (κ1) is 25.9. The predicted octanol–water partition coefficient (Wildman–Crippen LogP) is 5.70. The Balaban J connectivity index is 1.71. The third-order valence-electron chi connectivity index (χ3n) is 7.19. The zero-order chi connectivity index (χ0) is 24.7. The summed E-state index contributed by atoms with van der Waals surface area (Å²) in [6.07, 6.45) is 12.2. The van der Waals surface area contributed by atoms with Gasteiger partial charge >= 0.3 is 0 Å². The lowest BCUT2D eigenvalue weighted by Gasteiger charge is -2.44. The summed E-state index contributed by atoms with van der Waals surface area (Å²) >= 11 is 0. The third kappa shape index (κ3) is 6.67. The topological polar surface area (TPSA) is 77.7 Å². The van der Waals surface area contributed by atoms with Crippen molar-refractivity contribution in [2.75, 3.05) is 18.9 Å². The summed E-state index contributed by atoms with van der Waals surface area (Å²) in [5.41, 5.74) is 8.64. The molecule has 0 spiro atoms. The van der Waals surface area contributed by atoms with Crippen molar-refractivity contribution in [1.29, 1.82) is 0 Å². The van der Waals surface area contributed by atoms with E-state index in [1.165, 1.54) is 16.7 Å². The number of allylic oxidation sites excluding steroid dienone is 2. The summed E-state index contributed by atoms with van der Waals surface area (Å²) in [4.78, 5) is 23.2. The molecule has 2 fully saturated rings. The molecule has 1 amide bonds. The highest BCUT2D eigenvalue weighted by molar-refractivity contribution is 5.91. The first-order chi connectivity index (χ1) is 16.2. The Bertz CT molecular complexity index is 917. The minimum Gasteiger partial charge on any atom is -0.384 e. The molecule has 34 heavy (non-hydrogen) atoms. The smallest absolute Gasteiger partial charge is 0.270 e. The van der Waals surface area contributed by atoms with Gasteiger partial charge in [0.15, 0.2) is 6.29 Å². The van der Waals surface area contributed by atoms with Crippen LogP contribution in [0.2, 0.25) is 0 Å². The number of rotatable bonds is 9. The molecule has 2 N–H and O–H groups in total. The van der Waals surface area contributed by atoms with Gasteiger partial charge in [-0.15, -0.1) is 6.58 Å². The Morgan fingerprint density at radius 2 is 2.15 bits per heavy atom. The molecule has 2 heterocycles. The van der Waals surface area contributed by atoms with E-state index in [2.05, 4.69) is 44.6 Å². The highest BCUT2D eigenvalue weighted by Crippen LogP contribution is 2.48. The van der Waals surface area contributed by atoms with E-state index in [-0.39, 0.29) is 17.2 Å². The van der Waals surface area contributed by atoms with Crippen molar-refractivity contribution in [3.05, 3.63) is 66.9 Å². The summed E-state index contributed by atoms with van der Waals surface area (Å²) < 4.78 is 5.74. The van der Waals surface area contributed by atoms with Crippen LogP contribution >= 0.6 is 0 Å². The molecule has 1 aromatic heterocycles. The van der Waals surface area contributed by atoms with E-state index in [0.717, 1.165) is 49.7 Å². The molecule has 0 radical (unpaired) electrons. The van der Waals surface area contributed by atoms with E-state index in [1.54, 1.807) is 18.3 Å². The Labute approximate surface area is 204 Å². The molecule has 1 saturated carbocycles. The minimum absolute atomic E-state index is 0.0421. The second-order valence-electron chi connectivity index (χ2n) is 9.86. The normalized spacial score (nSPS) is 27.3. The van der Waals surface area contributed by atoms with Gasteiger partial charge in [0.25, 0.3) is 5.91 Å². The van der Waals surface area contributed by atoms with E-state index in [1.807, 2.05) is 6.07 Å². The van der Waals surface area contributed by atoms with E-state index in [4.69, 9.17) is 15.3 Å². The molecule has 1 aliphatic carbocycles. The first-order valence-electron chi connectivity index (χ1n) is 12.2. The minimum atomic E-state index is -0.421. The van der Waals surface area contributed by atoms with Crippen LogP contribution in [0.25, 0.3) is 6.08 Å². The van der Waals surface area contributed by atoms with Gasteiger partial charge in [0.1, 0.15) is 5.82 Å². The standard InChI is InChI=1S/C28H39N3O3/c1-6-28(5)15-14-23(17-24(28)20(2)3)21(4)19-31(34-27-9-7-8-16-33-27)26(32)13-11-22-10-12-25(29)30-18-22/h6,10-13,18,23-24,27H,1-2,4,7-9,14-17,19H2,3,5H3,(H2,29,30)/b13-11+/t23-,24+,27?,28-/m1/s1. The largest absolute Gasteiger partial charge is 0.384 e. The van der Waals surface area contributed by atoms with Gasteiger partial charge in [0, 0.05) is 25.3 Å². The number of amides is 1. The van der Waals surface area contributed by atoms with Crippen LogP contribution in [0, 0.1) is 17.3 Å². The summed E-state index contributed by atoms with van der Waals surface area (Å²) in [5.74, 6) is 0.805. The summed E-state index contributed by atoms with van der Waals surface area (Å²) in [6, 6.07) is 3.52. The number of pyridine rings is 1. The maximum absolute atomic E-state index is 13.1. The van der Waals surface area contributed by atoms with E-state index in [9.17, 15) is 4.79 Å². The lowest BCUT2D eigenvalue weighted by atomic mass is 9.61. The summed E-state index contributed by atoms with van der Waals surface area (Å²) in [7, 11) is 0. The van der Waals surface area contributed by atoms with Crippen molar-refractivity contribution in [2.45, 2.75) is 58.7 Å². The number of hydrogen-bond acceptors (Lipinski definition) is 5. The Hall–Kier alpha value is -2.70. The second kappa shape index (κ2) is 11.6. The van der Waals surface area contributed by atoms with Gasteiger partial charge in [-0.3, -0.25) is 4.79 Å². The number of nitrogens with zero attached hydrogens (tertiary/aromatic N) is 2. The van der Waals surface area contributed by atoms with E-state index < -0.39 is 6.29 Å². The number of carbonyl (C=O) groups is 1. The molecule has 1 saturated heterocycles. The quantitative estimate of drug-likeness (QED) is 0.287. The van der Waals surface area contributed by atoms with Gasteiger partial charge in [-0.25, -0.2) is 14.9 Å². The van der Waals surface area contributed by atoms with Crippen molar-refractivity contribution in [3.63, 3.8) is 0 Å². The van der Waals surface area contributed by atoms with Crippen molar-refractivity contribution >= 4 is 17.8 Å². The predicted molar refractivity (Wildman–Crippen MR) is 137 cm³/mol. The number of ether oxygens (including phenoxy) is 1. The van der Waals surface area contributed by atoms with Gasteiger partial charge in [-0.2, -0.15) is 0 Å². The number of hydroxylamine groups is 2.